The van der Waals surface area contributed by atoms with E-state index in [9.17, 15) is 19.2 Å². The van der Waals surface area contributed by atoms with Crippen molar-refractivity contribution in [2.75, 3.05) is 6.54 Å². The molecule has 0 aromatic heterocycles. The summed E-state index contributed by atoms with van der Waals surface area (Å²) in [6.07, 6.45) is 1.98. The standard InChI is InChI=1S/C24H31N3O5/c1-14-11-16(9-10-26(14)23(31)32-24(2,3)4)15-5-6-18-17(12-15)13-27(22(18)30)19-7-8-20(28)25-21(19)29/h5-6,12,14,16,19H,7-11,13H2,1-4H3,(H,25,28,29)/t14-,16?,19?/m0/s1. The summed E-state index contributed by atoms with van der Waals surface area (Å²) in [5.41, 5.74) is 2.17. The maximum Gasteiger partial charge on any atom is 0.410 e. The molecule has 2 unspecified atom stereocenters. The van der Waals surface area contributed by atoms with E-state index in [1.165, 1.54) is 0 Å². The first-order valence-corrected chi connectivity index (χ1v) is 11.3. The van der Waals surface area contributed by atoms with Crippen molar-refractivity contribution in [1.29, 1.82) is 0 Å². The lowest BCUT2D eigenvalue weighted by molar-refractivity contribution is -0.136. The van der Waals surface area contributed by atoms with Gasteiger partial charge in [0.05, 0.1) is 0 Å². The van der Waals surface area contributed by atoms with Crippen molar-refractivity contribution in [2.24, 2.45) is 0 Å². The Hall–Kier alpha value is -2.90. The molecule has 0 spiro atoms. The number of fused-ring (bicyclic) bond motifs is 1. The Morgan fingerprint density at radius 3 is 2.56 bits per heavy atom. The van der Waals surface area contributed by atoms with Gasteiger partial charge in [-0.05, 0) is 70.1 Å². The molecule has 1 aromatic carbocycles. The Bertz CT molecular complexity index is 967. The number of likely N-dealkylation sites (tertiary alicyclic amines) is 1. The van der Waals surface area contributed by atoms with Crippen LogP contribution in [0.15, 0.2) is 18.2 Å². The van der Waals surface area contributed by atoms with E-state index in [4.69, 9.17) is 4.74 Å². The largest absolute Gasteiger partial charge is 0.444 e. The summed E-state index contributed by atoms with van der Waals surface area (Å²) < 4.78 is 5.54. The van der Waals surface area contributed by atoms with Gasteiger partial charge in [0.25, 0.3) is 5.91 Å². The molecule has 0 aliphatic carbocycles. The summed E-state index contributed by atoms with van der Waals surface area (Å²) in [4.78, 5) is 52.5. The van der Waals surface area contributed by atoms with Gasteiger partial charge in [0, 0.05) is 31.1 Å². The van der Waals surface area contributed by atoms with Crippen LogP contribution in [-0.2, 0) is 20.9 Å². The van der Waals surface area contributed by atoms with Crippen LogP contribution in [-0.4, -0.2) is 57.8 Å². The predicted octanol–water partition coefficient (Wildman–Crippen LogP) is 2.95. The van der Waals surface area contributed by atoms with Gasteiger partial charge in [-0.3, -0.25) is 19.7 Å². The van der Waals surface area contributed by atoms with Gasteiger partial charge >= 0.3 is 6.09 Å². The molecule has 172 valence electrons. The number of hydrogen-bond donors (Lipinski definition) is 1. The van der Waals surface area contributed by atoms with E-state index < -0.39 is 17.6 Å². The molecule has 32 heavy (non-hydrogen) atoms. The number of imide groups is 1. The van der Waals surface area contributed by atoms with E-state index in [1.54, 1.807) is 9.80 Å². The Morgan fingerprint density at radius 1 is 1.16 bits per heavy atom. The number of carbonyl (C=O) groups excluding carboxylic acids is 4. The maximum atomic E-state index is 12.9. The van der Waals surface area contributed by atoms with E-state index in [0.717, 1.165) is 24.0 Å². The van der Waals surface area contributed by atoms with Crippen molar-refractivity contribution in [2.45, 2.75) is 83.5 Å². The molecule has 0 radical (unpaired) electrons. The highest BCUT2D eigenvalue weighted by atomic mass is 16.6. The number of ether oxygens (including phenoxy) is 1. The van der Waals surface area contributed by atoms with Gasteiger partial charge in [-0.25, -0.2) is 4.79 Å². The summed E-state index contributed by atoms with van der Waals surface area (Å²) in [5.74, 6) is -0.557. The molecule has 4 rings (SSSR count). The Labute approximate surface area is 188 Å². The van der Waals surface area contributed by atoms with Crippen molar-refractivity contribution in [3.63, 3.8) is 0 Å². The van der Waals surface area contributed by atoms with Crippen molar-refractivity contribution in [3.05, 3.63) is 34.9 Å². The number of carbonyl (C=O) groups is 4. The van der Waals surface area contributed by atoms with E-state index in [-0.39, 0.29) is 36.3 Å². The zero-order chi connectivity index (χ0) is 23.2. The Morgan fingerprint density at radius 2 is 1.91 bits per heavy atom. The molecule has 3 aliphatic heterocycles. The van der Waals surface area contributed by atoms with Gasteiger partial charge in [-0.1, -0.05) is 12.1 Å². The van der Waals surface area contributed by atoms with E-state index >= 15 is 0 Å². The fourth-order valence-corrected chi connectivity index (χ4v) is 4.92. The van der Waals surface area contributed by atoms with E-state index in [2.05, 4.69) is 11.4 Å². The van der Waals surface area contributed by atoms with Gasteiger partial charge in [0.15, 0.2) is 0 Å². The first-order chi connectivity index (χ1) is 15.0. The highest BCUT2D eigenvalue weighted by Gasteiger charge is 2.39. The summed E-state index contributed by atoms with van der Waals surface area (Å²) >= 11 is 0. The van der Waals surface area contributed by atoms with Crippen molar-refractivity contribution in [3.8, 4) is 0 Å². The topological polar surface area (TPSA) is 96.0 Å². The summed E-state index contributed by atoms with van der Waals surface area (Å²) in [7, 11) is 0. The molecule has 4 amide bonds. The van der Waals surface area contributed by atoms with Gasteiger partial charge in [0.1, 0.15) is 11.6 Å². The normalized spacial score (nSPS) is 26.1. The lowest BCUT2D eigenvalue weighted by atomic mass is 9.85. The highest BCUT2D eigenvalue weighted by molar-refractivity contribution is 6.05. The maximum absolute atomic E-state index is 12.9. The fourth-order valence-electron chi connectivity index (χ4n) is 4.92. The molecule has 1 N–H and O–H groups in total. The van der Waals surface area contributed by atoms with E-state index in [0.29, 0.717) is 25.1 Å². The third-order valence-electron chi connectivity index (χ3n) is 6.52. The minimum atomic E-state index is -0.604. The number of nitrogens with zero attached hydrogens (tertiary/aromatic N) is 2. The van der Waals surface area contributed by atoms with Crippen molar-refractivity contribution < 1.29 is 23.9 Å². The molecule has 2 saturated heterocycles. The Balaban J connectivity index is 1.44. The average Bonchev–Trinajstić information content (AvgIpc) is 3.02. The van der Waals surface area contributed by atoms with Crippen molar-refractivity contribution >= 4 is 23.8 Å². The third kappa shape index (κ3) is 4.36. The molecule has 3 aliphatic rings. The number of piperidine rings is 2. The zero-order valence-corrected chi connectivity index (χ0v) is 19.1. The molecule has 1 aromatic rings. The Kier molecular flexibility index (Phi) is 5.73. The van der Waals surface area contributed by atoms with Crippen LogP contribution in [0, 0.1) is 0 Å². The van der Waals surface area contributed by atoms with Crippen LogP contribution >= 0.6 is 0 Å². The van der Waals surface area contributed by atoms with Gasteiger partial charge < -0.3 is 14.5 Å². The zero-order valence-electron chi connectivity index (χ0n) is 19.1. The molecular formula is C24H31N3O5. The van der Waals surface area contributed by atoms with Gasteiger partial charge in [0.2, 0.25) is 11.8 Å². The summed E-state index contributed by atoms with van der Waals surface area (Å²) in [5, 5.41) is 2.33. The SMILES string of the molecule is C[C@H]1CC(c2ccc3c(c2)CN(C2CCC(=O)NC2=O)C3=O)CCN1C(=O)OC(C)(C)C. The number of rotatable bonds is 2. The molecule has 2 fully saturated rings. The monoisotopic (exact) mass is 441 g/mol. The van der Waals surface area contributed by atoms with Crippen molar-refractivity contribution in [1.82, 2.24) is 15.1 Å². The third-order valence-corrected chi connectivity index (χ3v) is 6.52. The predicted molar refractivity (Wildman–Crippen MR) is 117 cm³/mol. The minimum Gasteiger partial charge on any atom is -0.444 e. The van der Waals surface area contributed by atoms with Crippen LogP contribution in [0.25, 0.3) is 0 Å². The van der Waals surface area contributed by atoms with Crippen LogP contribution in [0.1, 0.15) is 80.8 Å². The smallest absolute Gasteiger partial charge is 0.410 e. The van der Waals surface area contributed by atoms with E-state index in [1.807, 2.05) is 39.8 Å². The molecule has 3 atom stereocenters. The number of hydrogen-bond acceptors (Lipinski definition) is 5. The first-order valence-electron chi connectivity index (χ1n) is 11.3. The first kappa shape index (κ1) is 22.3. The quantitative estimate of drug-likeness (QED) is 0.712. The molecular weight excluding hydrogens is 410 g/mol. The highest BCUT2D eigenvalue weighted by Crippen LogP contribution is 2.35. The second-order valence-electron chi connectivity index (χ2n) is 10.1. The number of amides is 4. The summed E-state index contributed by atoms with van der Waals surface area (Å²) in [6.45, 7) is 8.64. The molecule has 8 nitrogen and oxygen atoms in total. The van der Waals surface area contributed by atoms with Gasteiger partial charge in [-0.2, -0.15) is 0 Å². The van der Waals surface area contributed by atoms with Crippen LogP contribution in [0.3, 0.4) is 0 Å². The average molecular weight is 442 g/mol. The molecule has 8 heteroatoms. The molecule has 0 saturated carbocycles. The summed E-state index contributed by atoms with van der Waals surface area (Å²) in [6, 6.07) is 5.36. The lowest BCUT2D eigenvalue weighted by Crippen LogP contribution is -2.52. The number of benzene rings is 1. The van der Waals surface area contributed by atoms with Gasteiger partial charge in [-0.15, -0.1) is 0 Å². The van der Waals surface area contributed by atoms with Crippen LogP contribution < -0.4 is 5.32 Å². The lowest BCUT2D eigenvalue weighted by Gasteiger charge is -2.38. The minimum absolute atomic E-state index is 0.0541. The second-order valence-corrected chi connectivity index (χ2v) is 10.1. The van der Waals surface area contributed by atoms with Crippen LogP contribution in [0.4, 0.5) is 4.79 Å². The fraction of sp³-hybridized carbons (Fsp3) is 0.583. The second kappa shape index (κ2) is 8.22. The van der Waals surface area contributed by atoms with Crippen LogP contribution in [0.5, 0.6) is 0 Å². The number of nitrogens with one attached hydrogen (secondary N) is 1. The molecule has 3 heterocycles. The van der Waals surface area contributed by atoms with Crippen LogP contribution in [0.2, 0.25) is 0 Å². The molecule has 0 bridgehead atoms.